The van der Waals surface area contributed by atoms with Crippen LogP contribution < -0.4 is 15.6 Å². The van der Waals surface area contributed by atoms with Gasteiger partial charge in [-0.1, -0.05) is 42.5 Å². The summed E-state index contributed by atoms with van der Waals surface area (Å²) < 4.78 is 13.7. The van der Waals surface area contributed by atoms with Crippen molar-refractivity contribution in [2.24, 2.45) is 7.05 Å². The maximum Gasteiger partial charge on any atom is 0.262 e. The van der Waals surface area contributed by atoms with E-state index in [1.165, 1.54) is 0 Å². The minimum Gasteiger partial charge on any atom is -0.494 e. The Morgan fingerprint density at radius 2 is 1.69 bits per heavy atom. The summed E-state index contributed by atoms with van der Waals surface area (Å²) in [5.41, 5.74) is 4.98. The molecule has 160 valence electrons. The van der Waals surface area contributed by atoms with Crippen molar-refractivity contribution in [1.82, 2.24) is 4.57 Å². The van der Waals surface area contributed by atoms with Crippen LogP contribution in [0.3, 0.4) is 0 Å². The van der Waals surface area contributed by atoms with Crippen molar-refractivity contribution in [2.45, 2.75) is 13.8 Å². The van der Waals surface area contributed by atoms with Crippen molar-refractivity contribution in [3.63, 3.8) is 0 Å². The molecule has 1 N–H and O–H groups in total. The Bertz CT molecular complexity index is 1490. The van der Waals surface area contributed by atoms with Crippen LogP contribution >= 0.6 is 0 Å². The topological polar surface area (TPSA) is 56.4 Å². The van der Waals surface area contributed by atoms with Crippen molar-refractivity contribution in [3.05, 3.63) is 88.7 Å². The van der Waals surface area contributed by atoms with Gasteiger partial charge in [0.2, 0.25) is 5.88 Å². The third-order valence-corrected chi connectivity index (χ3v) is 5.78. The molecule has 5 rings (SSSR count). The number of nitrogens with one attached hydrogen (secondary N) is 1. The number of benzene rings is 3. The zero-order valence-corrected chi connectivity index (χ0v) is 18.3. The number of aryl methyl sites for hydroxylation is 2. The van der Waals surface area contributed by atoms with Crippen molar-refractivity contribution in [1.29, 1.82) is 0 Å². The summed E-state index contributed by atoms with van der Waals surface area (Å²) >= 11 is 0. The smallest absolute Gasteiger partial charge is 0.262 e. The molecule has 3 aromatic carbocycles. The van der Waals surface area contributed by atoms with E-state index in [0.29, 0.717) is 23.5 Å². The van der Waals surface area contributed by atoms with Crippen LogP contribution in [0, 0.1) is 6.92 Å². The van der Waals surface area contributed by atoms with E-state index in [9.17, 15) is 4.79 Å². The van der Waals surface area contributed by atoms with Crippen molar-refractivity contribution in [3.8, 4) is 16.9 Å². The molecule has 5 aromatic rings. The number of furan rings is 1. The van der Waals surface area contributed by atoms with Crippen LogP contribution in [-0.2, 0) is 7.05 Å². The lowest BCUT2D eigenvalue weighted by molar-refractivity contribution is 0.340. The highest BCUT2D eigenvalue weighted by atomic mass is 16.5. The first kappa shape index (κ1) is 19.9. The largest absolute Gasteiger partial charge is 0.494 e. The number of rotatable bonds is 5. The predicted octanol–water partition coefficient (Wildman–Crippen LogP) is 6.40. The molecule has 0 unspecified atom stereocenters. The van der Waals surface area contributed by atoms with Gasteiger partial charge < -0.3 is 19.0 Å². The summed E-state index contributed by atoms with van der Waals surface area (Å²) in [7, 11) is 1.80. The third-order valence-electron chi connectivity index (χ3n) is 5.78. The van der Waals surface area contributed by atoms with E-state index in [1.54, 1.807) is 11.6 Å². The first-order valence-electron chi connectivity index (χ1n) is 10.7. The molecule has 0 fully saturated rings. The van der Waals surface area contributed by atoms with Crippen LogP contribution in [0.15, 0.2) is 82.0 Å². The van der Waals surface area contributed by atoms with E-state index in [1.807, 2.05) is 86.6 Å². The fourth-order valence-electron chi connectivity index (χ4n) is 4.14. The number of para-hydroxylation sites is 2. The van der Waals surface area contributed by atoms with Gasteiger partial charge in [-0.3, -0.25) is 4.79 Å². The van der Waals surface area contributed by atoms with Crippen LogP contribution in [0.5, 0.6) is 5.75 Å². The molecule has 0 saturated carbocycles. The number of pyridine rings is 1. The number of aromatic nitrogens is 1. The van der Waals surface area contributed by atoms with Gasteiger partial charge in [0.25, 0.3) is 5.56 Å². The molecular formula is C27H24N2O3. The summed E-state index contributed by atoms with van der Waals surface area (Å²) in [4.78, 5) is 13.5. The lowest BCUT2D eigenvalue weighted by Gasteiger charge is -2.10. The number of nitrogens with zero attached hydrogens (tertiary/aromatic N) is 1. The standard InChI is InChI=1S/C27H24N2O3/c1-4-31-19-15-13-18(14-16-19)23-24-25(20-10-6-8-12-22(20)29(3)27(24)30)32-26(23)28-21-11-7-5-9-17(21)2/h5-16,28H,4H2,1-3H3. The van der Waals surface area contributed by atoms with E-state index in [-0.39, 0.29) is 5.56 Å². The van der Waals surface area contributed by atoms with E-state index in [4.69, 9.17) is 9.15 Å². The molecule has 0 radical (unpaired) electrons. The summed E-state index contributed by atoms with van der Waals surface area (Å²) in [5.74, 6) is 1.34. The summed E-state index contributed by atoms with van der Waals surface area (Å²) in [6, 6.07) is 23.6. The second-order valence-corrected chi connectivity index (χ2v) is 7.79. The van der Waals surface area contributed by atoms with Crippen molar-refractivity contribution < 1.29 is 9.15 Å². The zero-order chi connectivity index (χ0) is 22.2. The molecule has 0 aliphatic rings. The van der Waals surface area contributed by atoms with E-state index in [2.05, 4.69) is 5.32 Å². The predicted molar refractivity (Wildman–Crippen MR) is 130 cm³/mol. The molecular weight excluding hydrogens is 400 g/mol. The second-order valence-electron chi connectivity index (χ2n) is 7.79. The van der Waals surface area contributed by atoms with Gasteiger partial charge in [0, 0.05) is 18.1 Å². The Labute approximate surface area is 185 Å². The normalized spacial score (nSPS) is 11.2. The van der Waals surface area contributed by atoms with Gasteiger partial charge in [-0.05, 0) is 55.3 Å². The quantitative estimate of drug-likeness (QED) is 0.355. The molecule has 0 aliphatic heterocycles. The Morgan fingerprint density at radius 1 is 0.969 bits per heavy atom. The maximum atomic E-state index is 13.5. The second kappa shape index (κ2) is 7.93. The van der Waals surface area contributed by atoms with E-state index in [0.717, 1.165) is 39.0 Å². The summed E-state index contributed by atoms with van der Waals surface area (Å²) in [6.45, 7) is 4.59. The average molecular weight is 425 g/mol. The van der Waals surface area contributed by atoms with Gasteiger partial charge in [-0.15, -0.1) is 0 Å². The van der Waals surface area contributed by atoms with Crippen LogP contribution in [0.25, 0.3) is 33.0 Å². The molecule has 2 heterocycles. The number of fused-ring (bicyclic) bond motifs is 3. The number of hydrogen-bond acceptors (Lipinski definition) is 4. The highest BCUT2D eigenvalue weighted by molar-refractivity contribution is 6.11. The molecule has 0 saturated heterocycles. The molecule has 0 atom stereocenters. The van der Waals surface area contributed by atoms with Gasteiger partial charge in [0.05, 0.1) is 23.1 Å². The van der Waals surface area contributed by atoms with Crippen molar-refractivity contribution in [2.75, 3.05) is 11.9 Å². The first-order valence-corrected chi connectivity index (χ1v) is 10.7. The highest BCUT2D eigenvalue weighted by Crippen LogP contribution is 2.41. The monoisotopic (exact) mass is 424 g/mol. The molecule has 32 heavy (non-hydrogen) atoms. The fourth-order valence-corrected chi connectivity index (χ4v) is 4.14. The SMILES string of the molecule is CCOc1ccc(-c2c(Nc3ccccc3C)oc3c2c(=O)n(C)c2ccccc32)cc1. The lowest BCUT2D eigenvalue weighted by atomic mass is 10.0. The highest BCUT2D eigenvalue weighted by Gasteiger charge is 2.23. The van der Waals surface area contributed by atoms with E-state index < -0.39 is 0 Å². The Morgan fingerprint density at radius 3 is 2.44 bits per heavy atom. The van der Waals surface area contributed by atoms with Crippen LogP contribution in [-0.4, -0.2) is 11.2 Å². The minimum atomic E-state index is -0.0934. The molecule has 0 aliphatic carbocycles. The third kappa shape index (κ3) is 3.23. The molecule has 0 bridgehead atoms. The Balaban J connectivity index is 1.82. The van der Waals surface area contributed by atoms with Crippen LogP contribution in [0.4, 0.5) is 11.6 Å². The Kier molecular flexibility index (Phi) is 4.94. The Hall–Kier alpha value is -3.99. The average Bonchev–Trinajstić information content (AvgIpc) is 3.19. The molecule has 2 aromatic heterocycles. The number of ether oxygens (including phenoxy) is 1. The van der Waals surface area contributed by atoms with Gasteiger partial charge in [-0.25, -0.2) is 0 Å². The molecule has 5 heteroatoms. The number of hydrogen-bond donors (Lipinski definition) is 1. The van der Waals surface area contributed by atoms with Crippen LogP contribution in [0.2, 0.25) is 0 Å². The maximum absolute atomic E-state index is 13.5. The first-order chi connectivity index (χ1) is 15.6. The van der Waals surface area contributed by atoms with Gasteiger partial charge in [0.15, 0.2) is 5.58 Å². The number of anilines is 2. The molecule has 0 amide bonds. The summed E-state index contributed by atoms with van der Waals surface area (Å²) in [6.07, 6.45) is 0. The fraction of sp³-hybridized carbons (Fsp3) is 0.148. The molecule has 0 spiro atoms. The minimum absolute atomic E-state index is 0.0934. The van der Waals surface area contributed by atoms with Crippen LogP contribution in [0.1, 0.15) is 12.5 Å². The molecule has 5 nitrogen and oxygen atoms in total. The van der Waals surface area contributed by atoms with Gasteiger partial charge in [0.1, 0.15) is 5.75 Å². The van der Waals surface area contributed by atoms with Crippen molar-refractivity contribution >= 4 is 33.4 Å². The summed E-state index contributed by atoms with van der Waals surface area (Å²) in [5, 5.41) is 4.89. The lowest BCUT2D eigenvalue weighted by Crippen LogP contribution is -2.17. The van der Waals surface area contributed by atoms with Gasteiger partial charge >= 0.3 is 0 Å². The van der Waals surface area contributed by atoms with Gasteiger partial charge in [-0.2, -0.15) is 0 Å². The zero-order valence-electron chi connectivity index (χ0n) is 18.3. The van der Waals surface area contributed by atoms with E-state index >= 15 is 0 Å².